The van der Waals surface area contributed by atoms with Gasteiger partial charge in [0.25, 0.3) is 0 Å². The molecule has 0 fully saturated rings. The Balaban J connectivity index is 3.85. The molecule has 0 spiro atoms. The summed E-state index contributed by atoms with van der Waals surface area (Å²) in [5.74, 6) is -1.35. The second-order valence-electron chi connectivity index (χ2n) is 2.42. The van der Waals surface area contributed by atoms with Gasteiger partial charge in [-0.2, -0.15) is 0 Å². The first kappa shape index (κ1) is 9.10. The fourth-order valence-corrected chi connectivity index (χ4v) is 0.563. The van der Waals surface area contributed by atoms with Crippen molar-refractivity contribution in [1.29, 1.82) is 0 Å². The van der Waals surface area contributed by atoms with Crippen LogP contribution in [-0.2, 0) is 9.59 Å². The van der Waals surface area contributed by atoms with E-state index in [0.29, 0.717) is 6.29 Å². The number of carbonyl (C=O) groups excluding carboxylic acids is 2. The second kappa shape index (κ2) is 3.31. The van der Waals surface area contributed by atoms with Crippen LogP contribution in [0.15, 0.2) is 0 Å². The molecule has 1 unspecified atom stereocenters. The van der Waals surface area contributed by atoms with Gasteiger partial charge in [-0.3, -0.25) is 0 Å². The molecule has 0 aromatic rings. The van der Waals surface area contributed by atoms with E-state index in [9.17, 15) is 14.7 Å². The molecule has 1 atom stereocenters. The van der Waals surface area contributed by atoms with Gasteiger partial charge in [0.2, 0.25) is 0 Å². The van der Waals surface area contributed by atoms with Crippen LogP contribution in [0.5, 0.6) is 0 Å². The first-order valence-electron chi connectivity index (χ1n) is 2.84. The molecule has 10 heavy (non-hydrogen) atoms. The molecular weight excluding hydrogens is 136 g/mol. The van der Waals surface area contributed by atoms with Crippen molar-refractivity contribution in [1.82, 2.24) is 0 Å². The van der Waals surface area contributed by atoms with Crippen LogP contribution < -0.4 is 5.11 Å². The fourth-order valence-electron chi connectivity index (χ4n) is 0.563. The number of carboxylic acids is 1. The van der Waals surface area contributed by atoms with E-state index in [2.05, 4.69) is 0 Å². The number of carbonyl (C=O) groups is 2. The van der Waals surface area contributed by atoms with Crippen LogP contribution in [0.2, 0.25) is 0 Å². The molecule has 1 N–H and O–H groups in total. The predicted octanol–water partition coefficient (Wildman–Crippen LogP) is -1.53. The van der Waals surface area contributed by atoms with Crippen molar-refractivity contribution >= 4 is 12.3 Å². The van der Waals surface area contributed by atoms with E-state index in [-0.39, 0.29) is 6.42 Å². The molecule has 0 aromatic heterocycles. The second-order valence-corrected chi connectivity index (χ2v) is 2.42. The van der Waals surface area contributed by atoms with Gasteiger partial charge in [0.1, 0.15) is 6.29 Å². The van der Waals surface area contributed by atoms with E-state index in [1.54, 1.807) is 0 Å². The van der Waals surface area contributed by atoms with Crippen LogP contribution in [-0.4, -0.2) is 23.0 Å². The van der Waals surface area contributed by atoms with Crippen molar-refractivity contribution in [3.63, 3.8) is 0 Å². The fraction of sp³-hybridized carbons (Fsp3) is 0.667. The summed E-state index contributed by atoms with van der Waals surface area (Å²) in [6.45, 7) is 1.27. The zero-order valence-corrected chi connectivity index (χ0v) is 5.66. The SMILES string of the molecule is CC(O)(CC=O)CC(=O)[O-]. The van der Waals surface area contributed by atoms with E-state index < -0.39 is 18.0 Å². The average Bonchev–Trinajstić information content (AvgIpc) is 1.59. The molecule has 0 radical (unpaired) electrons. The molecule has 0 saturated heterocycles. The van der Waals surface area contributed by atoms with Crippen LogP contribution in [0, 0.1) is 0 Å². The summed E-state index contributed by atoms with van der Waals surface area (Å²) in [6.07, 6.45) is -0.213. The first-order chi connectivity index (χ1) is 4.48. The lowest BCUT2D eigenvalue weighted by molar-refractivity contribution is -0.308. The van der Waals surface area contributed by atoms with Gasteiger partial charge >= 0.3 is 0 Å². The number of hydrogen-bond acceptors (Lipinski definition) is 4. The maximum atomic E-state index is 9.90. The zero-order valence-electron chi connectivity index (χ0n) is 5.66. The minimum atomic E-state index is -1.46. The van der Waals surface area contributed by atoms with Gasteiger partial charge < -0.3 is 19.8 Å². The van der Waals surface area contributed by atoms with Crippen molar-refractivity contribution < 1.29 is 19.8 Å². The number of aliphatic hydroxyl groups is 1. The van der Waals surface area contributed by atoms with Crippen molar-refractivity contribution in [2.45, 2.75) is 25.4 Å². The highest BCUT2D eigenvalue weighted by atomic mass is 16.4. The molecule has 0 aliphatic rings. The molecule has 0 heterocycles. The number of aliphatic carboxylic acids is 1. The Labute approximate surface area is 58.5 Å². The summed E-state index contributed by atoms with van der Waals surface area (Å²) in [4.78, 5) is 19.7. The molecule has 0 saturated carbocycles. The normalized spacial score (nSPS) is 15.8. The van der Waals surface area contributed by atoms with E-state index in [0.717, 1.165) is 0 Å². The van der Waals surface area contributed by atoms with Crippen molar-refractivity contribution in [3.8, 4) is 0 Å². The van der Waals surface area contributed by atoms with Crippen molar-refractivity contribution in [2.75, 3.05) is 0 Å². The van der Waals surface area contributed by atoms with E-state index >= 15 is 0 Å². The highest BCUT2D eigenvalue weighted by Gasteiger charge is 2.19. The van der Waals surface area contributed by atoms with Gasteiger partial charge in [-0.05, 0) is 6.92 Å². The van der Waals surface area contributed by atoms with Crippen LogP contribution in [0.4, 0.5) is 0 Å². The molecule has 0 aliphatic carbocycles. The van der Waals surface area contributed by atoms with Gasteiger partial charge in [0.05, 0.1) is 5.60 Å². The quantitative estimate of drug-likeness (QED) is 0.486. The number of rotatable bonds is 4. The molecule has 4 heteroatoms. The monoisotopic (exact) mass is 145 g/mol. The number of carboxylic acid groups (broad SMARTS) is 1. The van der Waals surface area contributed by atoms with Crippen LogP contribution in [0.25, 0.3) is 0 Å². The highest BCUT2D eigenvalue weighted by molar-refractivity contribution is 5.66. The lowest BCUT2D eigenvalue weighted by Gasteiger charge is -2.20. The van der Waals surface area contributed by atoms with Gasteiger partial charge in [-0.1, -0.05) is 0 Å². The molecule has 58 valence electrons. The first-order valence-corrected chi connectivity index (χ1v) is 2.84. The standard InChI is InChI=1S/C6H10O4/c1-6(10,2-3-7)4-5(8)9/h3,10H,2,4H2,1H3,(H,8,9)/p-1. The molecular formula is C6H9O4-. The average molecular weight is 145 g/mol. The lowest BCUT2D eigenvalue weighted by Crippen LogP contribution is -2.35. The van der Waals surface area contributed by atoms with E-state index in [1.807, 2.05) is 0 Å². The highest BCUT2D eigenvalue weighted by Crippen LogP contribution is 2.10. The van der Waals surface area contributed by atoms with E-state index in [1.165, 1.54) is 6.92 Å². The summed E-state index contributed by atoms with van der Waals surface area (Å²) in [6, 6.07) is 0. The van der Waals surface area contributed by atoms with Crippen molar-refractivity contribution in [3.05, 3.63) is 0 Å². The zero-order chi connectivity index (χ0) is 8.20. The van der Waals surface area contributed by atoms with Crippen molar-refractivity contribution in [2.24, 2.45) is 0 Å². The molecule has 0 amide bonds. The maximum Gasteiger partial charge on any atom is 0.122 e. The molecule has 0 aliphatic heterocycles. The lowest BCUT2D eigenvalue weighted by atomic mass is 9.99. The molecule has 0 aromatic carbocycles. The summed E-state index contributed by atoms with van der Waals surface area (Å²) < 4.78 is 0. The Morgan fingerprint density at radius 1 is 1.80 bits per heavy atom. The van der Waals surface area contributed by atoms with Gasteiger partial charge in [0, 0.05) is 18.8 Å². The summed E-state index contributed by atoms with van der Waals surface area (Å²) in [5.41, 5.74) is -1.46. The molecule has 4 nitrogen and oxygen atoms in total. The smallest absolute Gasteiger partial charge is 0.122 e. The van der Waals surface area contributed by atoms with Crippen LogP contribution >= 0.6 is 0 Å². The Morgan fingerprint density at radius 2 is 2.30 bits per heavy atom. The largest absolute Gasteiger partial charge is 0.550 e. The van der Waals surface area contributed by atoms with Gasteiger partial charge in [-0.15, -0.1) is 0 Å². The Bertz CT molecular complexity index is 139. The third-order valence-corrected chi connectivity index (χ3v) is 1.05. The van der Waals surface area contributed by atoms with E-state index in [4.69, 9.17) is 5.11 Å². The molecule has 0 bridgehead atoms. The third kappa shape index (κ3) is 4.03. The third-order valence-electron chi connectivity index (χ3n) is 1.05. The maximum absolute atomic E-state index is 9.90. The van der Waals surface area contributed by atoms with Gasteiger partial charge in [0.15, 0.2) is 0 Å². The minimum absolute atomic E-state index is 0.180. The minimum Gasteiger partial charge on any atom is -0.550 e. The van der Waals surface area contributed by atoms with Crippen LogP contribution in [0.1, 0.15) is 19.8 Å². The topological polar surface area (TPSA) is 77.4 Å². The number of aldehydes is 1. The Hall–Kier alpha value is -0.900. The summed E-state index contributed by atoms with van der Waals surface area (Å²) in [7, 11) is 0. The summed E-state index contributed by atoms with van der Waals surface area (Å²) in [5, 5.41) is 18.9. The predicted molar refractivity (Wildman–Crippen MR) is 30.9 cm³/mol. The Kier molecular flexibility index (Phi) is 3.02. The van der Waals surface area contributed by atoms with Crippen LogP contribution in [0.3, 0.4) is 0 Å². The number of hydrogen-bond donors (Lipinski definition) is 1. The van der Waals surface area contributed by atoms with Gasteiger partial charge in [-0.25, -0.2) is 0 Å². The summed E-state index contributed by atoms with van der Waals surface area (Å²) >= 11 is 0. The molecule has 0 rings (SSSR count). The Morgan fingerprint density at radius 3 is 2.60 bits per heavy atom.